The first-order valence-electron chi connectivity index (χ1n) is 37.9. The van der Waals surface area contributed by atoms with Gasteiger partial charge in [-0.2, -0.15) is 0 Å². The molecule has 36 N–H and O–H groups in total. The van der Waals surface area contributed by atoms with Crippen LogP contribution in [0.2, 0.25) is 1.41 Å². The monoisotopic (exact) mass is 1560 g/mol. The van der Waals surface area contributed by atoms with Gasteiger partial charge < -0.3 is 196 Å². The Morgan fingerprint density at radius 1 is 0.343 bits per heavy atom. The predicted molar refractivity (Wildman–Crippen MR) is 368 cm³/mol. The van der Waals surface area contributed by atoms with Gasteiger partial charge >= 0.3 is 0 Å². The molecule has 2 aromatic rings. The van der Waals surface area contributed by atoms with Gasteiger partial charge in [0.05, 0.1) is 75.1 Å². The zero-order valence-electron chi connectivity index (χ0n) is 61.3. The molecule has 44 heteroatoms. The molecule has 38 atom stereocenters. The maximum Gasteiger partial charge on any atom is 0.187 e. The van der Waals surface area contributed by atoms with Crippen LogP contribution in [-0.2, 0) is 92.6 Å². The molecule has 2 saturated carbocycles. The fourth-order valence-electron chi connectivity index (χ4n) is 15.0. The Labute approximate surface area is 625 Å². The highest BCUT2D eigenvalue weighted by Crippen LogP contribution is 2.38. The van der Waals surface area contributed by atoms with E-state index in [4.69, 9.17) is 131 Å². The second kappa shape index (κ2) is 40.4. The summed E-state index contributed by atoms with van der Waals surface area (Å²) in [6.07, 6.45) is -28.2. The van der Waals surface area contributed by atoms with Crippen LogP contribution in [0.15, 0.2) is 12.4 Å². The molecule has 0 bridgehead atoms. The summed E-state index contributed by atoms with van der Waals surface area (Å²) in [6, 6.07) is -8.91. The molecular weight excluding hydrogens is 1440 g/mol. The Bertz CT molecular complexity index is 2990. The Kier molecular flexibility index (Phi) is 32.0. The molecule has 2 aliphatic carbocycles. The first-order chi connectivity index (χ1) is 52.2. The summed E-state index contributed by atoms with van der Waals surface area (Å²) < 4.78 is 96.3. The lowest BCUT2D eigenvalue weighted by Crippen LogP contribution is -2.68. The number of rotatable bonds is 38. The molecule has 20 unspecified atom stereocenters. The molecule has 44 nitrogen and oxygen atoms in total. The summed E-state index contributed by atoms with van der Waals surface area (Å²) in [5.74, 6) is 0. The van der Waals surface area contributed by atoms with Gasteiger partial charge in [-0.25, -0.2) is 9.36 Å². The van der Waals surface area contributed by atoms with Gasteiger partial charge in [0.1, 0.15) is 147 Å². The molecule has 0 spiro atoms. The van der Waals surface area contributed by atoms with E-state index in [2.05, 4.69) is 26.4 Å². The van der Waals surface area contributed by atoms with E-state index < -0.39 is 233 Å². The Hall–Kier alpha value is -3.24. The number of hydrogen-bond donors (Lipinski definition) is 24. The highest BCUT2D eigenvalue weighted by atomic mass is 16.8. The SMILES string of the molecule is [2H]NC1C(O)C(O)[C@H](CN)O[C@@H]1O[C@@H]1C(O)[C@H](O[C@H]2C(O[C@H]3OC(CN)C(O)[C@H](O)C3N)C(N)C[C@@H](N)C2O)O[C@@H]1Cn1cc(COCCCCCCCCCCCCOCc2cn(C[C@H]3O[C@@H](O[C@H]4C(O[C@H]5OC(CN)C(O)[C@H](O)C5N)C(N)C[C@@H](N)C4O)C(O)[C@H]3O[C@H]3O[C@@H](CN)C(O)C(O)C3N)nn2)nn1. The van der Waals surface area contributed by atoms with Crippen LogP contribution >= 0.6 is 0 Å². The van der Waals surface area contributed by atoms with Crippen LogP contribution in [0.4, 0.5) is 0 Å². The standard InChI is InChI=1S/C64H120N18O26/c65-15-31-43(85)47(89)37(73)59(97-31)103-53-29(71)13-27(69)41(83)57(53)107-63-51(93)55(105-61-39(75)49(91)45(87)33(17-67)99-61)35(101-63)21-81-19-25(77-79-81)23-95-11-9-7-5-3-1-2-4-6-8-10-12-96-24-26-20-82(80-78-26)22-36-56(106-62-40(76)50(92)46(88)34(18-68)100-62)52(94)64(102-36)108-58-42(84)28(70)14-30(72)54(58)104-60-38(74)48(90)44(86)32(16-66)98-60/h19-20,27-64,83-94H,1-18,21-24,65-76H2/t27-,28-,29?,30?,31?,32?,33+,34+,35-,36-,37?,38?,39?,40?,41?,42?,43?,44?,45?,46?,47-,48-,49?,50?,51?,52?,53?,54?,55+,56+,57-,58-,59-,60-,61-,62-,63+,64+/m1/s1/i/hD. The first-order valence-corrected chi connectivity index (χ1v) is 37.4. The maximum atomic E-state index is 12.0. The molecule has 8 heterocycles. The van der Waals surface area contributed by atoms with Crippen LogP contribution < -0.4 is 68.8 Å². The van der Waals surface area contributed by atoms with Crippen molar-refractivity contribution in [2.75, 3.05) is 39.4 Å². The number of aromatic nitrogens is 6. The lowest BCUT2D eigenvalue weighted by molar-refractivity contribution is -0.306. The summed E-state index contributed by atoms with van der Waals surface area (Å²) in [6.45, 7) is 0.196. The average Bonchev–Trinajstić information content (AvgIpc) is 1.77. The van der Waals surface area contributed by atoms with Crippen molar-refractivity contribution in [3.8, 4) is 0 Å². The number of hydrogen-bond acceptors (Lipinski definition) is 42. The summed E-state index contributed by atoms with van der Waals surface area (Å²) in [5, 5.41) is 149. The number of aliphatic hydroxyl groups is 12. The molecule has 6 aliphatic heterocycles. The second-order valence-electron chi connectivity index (χ2n) is 29.6. The van der Waals surface area contributed by atoms with Gasteiger partial charge in [0.25, 0.3) is 0 Å². The minimum absolute atomic E-state index is 0.0403. The van der Waals surface area contributed by atoms with E-state index in [1.807, 2.05) is 0 Å². The van der Waals surface area contributed by atoms with Crippen molar-refractivity contribution < 1.29 is 129 Å². The summed E-state index contributed by atoms with van der Waals surface area (Å²) in [4.78, 5) is 0. The van der Waals surface area contributed by atoms with Crippen molar-refractivity contribution >= 4 is 0 Å². The smallest absolute Gasteiger partial charge is 0.187 e. The third kappa shape index (κ3) is 20.9. The third-order valence-corrected chi connectivity index (χ3v) is 21.6. The van der Waals surface area contributed by atoms with Crippen LogP contribution in [0, 0.1) is 0 Å². The minimum atomic E-state index is -1.68. The second-order valence-corrected chi connectivity index (χ2v) is 29.6. The number of nitrogens with two attached hydrogens (primary N) is 12. The van der Waals surface area contributed by atoms with Crippen LogP contribution in [0.25, 0.3) is 0 Å². The lowest BCUT2D eigenvalue weighted by Gasteiger charge is -2.47. The van der Waals surface area contributed by atoms with E-state index in [0.29, 0.717) is 24.6 Å². The molecular formula is C64H120N18O26. The van der Waals surface area contributed by atoms with Crippen LogP contribution in [-0.4, -0.2) is 363 Å². The van der Waals surface area contributed by atoms with E-state index >= 15 is 0 Å². The fourth-order valence-corrected chi connectivity index (χ4v) is 15.0. The van der Waals surface area contributed by atoms with Gasteiger partial charge in [0.15, 0.2) is 37.7 Å². The molecule has 0 aromatic carbocycles. The topological polar surface area (TPSA) is 746 Å². The Morgan fingerprint density at radius 3 is 0.954 bits per heavy atom. The van der Waals surface area contributed by atoms with Crippen molar-refractivity contribution in [3.05, 3.63) is 23.8 Å². The molecule has 108 heavy (non-hydrogen) atoms. The van der Waals surface area contributed by atoms with E-state index in [-0.39, 0.29) is 65.3 Å². The molecule has 0 radical (unpaired) electrons. The highest BCUT2D eigenvalue weighted by Gasteiger charge is 2.58. The number of unbranched alkanes of at least 4 members (excludes halogenated alkanes) is 9. The molecule has 0 amide bonds. The van der Waals surface area contributed by atoms with Gasteiger partial charge in [-0.1, -0.05) is 61.8 Å². The van der Waals surface area contributed by atoms with Gasteiger partial charge in [0, 0.05) is 63.6 Å². The average molecular weight is 1560 g/mol. The molecule has 622 valence electrons. The van der Waals surface area contributed by atoms with Crippen molar-refractivity contribution in [2.45, 2.75) is 336 Å². The van der Waals surface area contributed by atoms with E-state index in [1.165, 1.54) is 9.36 Å². The van der Waals surface area contributed by atoms with Crippen LogP contribution in [0.5, 0.6) is 0 Å². The van der Waals surface area contributed by atoms with E-state index in [1.54, 1.807) is 12.4 Å². The van der Waals surface area contributed by atoms with Crippen molar-refractivity contribution in [1.82, 2.24) is 30.0 Å². The molecule has 8 aliphatic rings. The van der Waals surface area contributed by atoms with Crippen LogP contribution in [0.3, 0.4) is 0 Å². The van der Waals surface area contributed by atoms with Gasteiger partial charge in [-0.05, 0) is 25.7 Å². The molecule has 6 saturated heterocycles. The van der Waals surface area contributed by atoms with Crippen molar-refractivity contribution in [2.24, 2.45) is 68.8 Å². The molecule has 10 rings (SSSR count). The largest absolute Gasteiger partial charge is 0.389 e. The summed E-state index contributed by atoms with van der Waals surface area (Å²) >= 11 is 0. The zero-order chi connectivity index (χ0) is 78.7. The Morgan fingerprint density at radius 2 is 0.630 bits per heavy atom. The first kappa shape index (κ1) is 85.6. The van der Waals surface area contributed by atoms with E-state index in [9.17, 15) is 61.3 Å². The summed E-state index contributed by atoms with van der Waals surface area (Å²) in [7, 11) is 0. The number of ether oxygens (including phenoxy) is 14. The highest BCUT2D eigenvalue weighted by molar-refractivity contribution is 5.06. The fraction of sp³-hybridized carbons (Fsp3) is 0.938. The van der Waals surface area contributed by atoms with Gasteiger partial charge in [-0.15, -0.1) is 10.2 Å². The summed E-state index contributed by atoms with van der Waals surface area (Å²) in [5.41, 5.74) is 70.8. The third-order valence-electron chi connectivity index (χ3n) is 21.6. The zero-order valence-corrected chi connectivity index (χ0v) is 60.3. The predicted octanol–water partition coefficient (Wildman–Crippen LogP) is -13.2. The quantitative estimate of drug-likeness (QED) is 0.0278. The van der Waals surface area contributed by atoms with E-state index in [0.717, 1.165) is 64.2 Å². The van der Waals surface area contributed by atoms with Crippen LogP contribution in [0.1, 0.15) is 88.4 Å². The lowest BCUT2D eigenvalue weighted by atomic mass is 9.84. The molecule has 2 aromatic heterocycles. The Balaban J connectivity index is 0.633. The maximum absolute atomic E-state index is 12.0. The minimum Gasteiger partial charge on any atom is -0.389 e. The van der Waals surface area contributed by atoms with Crippen molar-refractivity contribution in [3.63, 3.8) is 0 Å². The normalized spacial score (nSPS) is 44.8. The van der Waals surface area contributed by atoms with Gasteiger partial charge in [0.2, 0.25) is 0 Å². The molecule has 8 fully saturated rings. The van der Waals surface area contributed by atoms with Gasteiger partial charge in [-0.3, -0.25) is 0 Å². The van der Waals surface area contributed by atoms with Crippen molar-refractivity contribution in [1.29, 1.82) is 0 Å². The number of aliphatic hydroxyl groups excluding tert-OH is 12. The number of nitrogens with zero attached hydrogens (tertiary/aromatic N) is 6.